The molecule has 0 aliphatic carbocycles. The van der Waals surface area contributed by atoms with Gasteiger partial charge in [-0.2, -0.15) is 0 Å². The highest BCUT2D eigenvalue weighted by molar-refractivity contribution is 6.67. The average molecular weight is 181 g/mol. The van der Waals surface area contributed by atoms with Crippen molar-refractivity contribution in [2.75, 3.05) is 0 Å². The Morgan fingerprint density at radius 3 is 2.92 bits per heavy atom. The molecular formula is C9H5ClO2. The van der Waals surface area contributed by atoms with Crippen LogP contribution in [-0.2, 0) is 0 Å². The molecular weight excluding hydrogens is 176 g/mol. The van der Waals surface area contributed by atoms with Gasteiger partial charge in [0, 0.05) is 10.9 Å². The first-order valence-electron chi connectivity index (χ1n) is 3.44. The van der Waals surface area contributed by atoms with E-state index in [0.717, 1.165) is 11.0 Å². The highest BCUT2D eigenvalue weighted by Gasteiger charge is 2.03. The number of halogens is 1. The molecule has 2 nitrogen and oxygen atoms in total. The third kappa shape index (κ3) is 1.10. The normalized spacial score (nSPS) is 10.4. The molecule has 12 heavy (non-hydrogen) atoms. The SMILES string of the molecule is O=C(Cl)c1ccc2occc2c1. The molecule has 0 N–H and O–H groups in total. The molecule has 0 saturated carbocycles. The summed E-state index contributed by atoms with van der Waals surface area (Å²) in [5, 5.41) is 0.444. The van der Waals surface area contributed by atoms with Crippen LogP contribution in [0.1, 0.15) is 10.4 Å². The van der Waals surface area contributed by atoms with E-state index in [1.54, 1.807) is 30.5 Å². The Labute approximate surface area is 73.7 Å². The lowest BCUT2D eigenvalue weighted by Gasteiger charge is -1.91. The second kappa shape index (κ2) is 2.64. The Kier molecular flexibility index (Phi) is 1.62. The maximum Gasteiger partial charge on any atom is 0.252 e. The lowest BCUT2D eigenvalue weighted by Crippen LogP contribution is -1.86. The monoisotopic (exact) mass is 180 g/mol. The first-order chi connectivity index (χ1) is 5.77. The summed E-state index contributed by atoms with van der Waals surface area (Å²) >= 11 is 5.30. The van der Waals surface area contributed by atoms with Crippen molar-refractivity contribution in [1.82, 2.24) is 0 Å². The molecule has 0 fully saturated rings. The largest absolute Gasteiger partial charge is 0.464 e. The number of hydrogen-bond acceptors (Lipinski definition) is 2. The fraction of sp³-hybridized carbons (Fsp3) is 0. The maximum absolute atomic E-state index is 10.7. The lowest BCUT2D eigenvalue weighted by atomic mass is 10.2. The number of rotatable bonds is 1. The van der Waals surface area contributed by atoms with Crippen molar-refractivity contribution in [2.24, 2.45) is 0 Å². The van der Waals surface area contributed by atoms with Crippen LogP contribution in [0.5, 0.6) is 0 Å². The quantitative estimate of drug-likeness (QED) is 0.632. The molecule has 0 amide bonds. The van der Waals surface area contributed by atoms with Crippen LogP contribution in [0.3, 0.4) is 0 Å². The van der Waals surface area contributed by atoms with Gasteiger partial charge in [-0.1, -0.05) is 0 Å². The lowest BCUT2D eigenvalue weighted by molar-refractivity contribution is 0.108. The first kappa shape index (κ1) is 7.37. The van der Waals surface area contributed by atoms with Gasteiger partial charge < -0.3 is 4.42 Å². The van der Waals surface area contributed by atoms with Crippen LogP contribution in [0.15, 0.2) is 34.9 Å². The van der Waals surface area contributed by atoms with Gasteiger partial charge in [0.1, 0.15) is 5.58 Å². The summed E-state index contributed by atoms with van der Waals surface area (Å²) in [5.41, 5.74) is 1.25. The van der Waals surface area contributed by atoms with Crippen LogP contribution < -0.4 is 0 Å². The highest BCUT2D eigenvalue weighted by atomic mass is 35.5. The fourth-order valence-corrected chi connectivity index (χ4v) is 1.21. The number of hydrogen-bond donors (Lipinski definition) is 0. The van der Waals surface area contributed by atoms with E-state index in [0.29, 0.717) is 5.56 Å². The molecule has 1 aromatic carbocycles. The molecule has 0 atom stereocenters. The number of carbonyl (C=O) groups is 1. The van der Waals surface area contributed by atoms with E-state index in [-0.39, 0.29) is 0 Å². The number of carbonyl (C=O) groups excluding carboxylic acids is 1. The van der Waals surface area contributed by atoms with Crippen molar-refractivity contribution in [3.63, 3.8) is 0 Å². The van der Waals surface area contributed by atoms with E-state index < -0.39 is 5.24 Å². The second-order valence-corrected chi connectivity index (χ2v) is 2.79. The number of furan rings is 1. The van der Waals surface area contributed by atoms with Gasteiger partial charge in [-0.3, -0.25) is 4.79 Å². The molecule has 1 aromatic heterocycles. The van der Waals surface area contributed by atoms with Gasteiger partial charge in [-0.15, -0.1) is 0 Å². The van der Waals surface area contributed by atoms with Crippen LogP contribution in [0.2, 0.25) is 0 Å². The standard InChI is InChI=1S/C9H5ClO2/c10-9(11)7-1-2-8-6(5-7)3-4-12-8/h1-5H. The minimum absolute atomic E-state index is 0.446. The number of benzene rings is 1. The first-order valence-corrected chi connectivity index (χ1v) is 3.82. The predicted octanol–water partition coefficient (Wildman–Crippen LogP) is 2.81. The van der Waals surface area contributed by atoms with Crippen LogP contribution in [0.4, 0.5) is 0 Å². The zero-order chi connectivity index (χ0) is 8.55. The summed E-state index contributed by atoms with van der Waals surface area (Å²) in [4.78, 5) is 10.7. The van der Waals surface area contributed by atoms with Crippen LogP contribution in [-0.4, -0.2) is 5.24 Å². The van der Waals surface area contributed by atoms with Gasteiger partial charge in [0.25, 0.3) is 5.24 Å². The number of fused-ring (bicyclic) bond motifs is 1. The van der Waals surface area contributed by atoms with Gasteiger partial charge in [0.15, 0.2) is 0 Å². The van der Waals surface area contributed by atoms with E-state index >= 15 is 0 Å². The summed E-state index contributed by atoms with van der Waals surface area (Å²) in [5.74, 6) is 0. The van der Waals surface area contributed by atoms with Crippen molar-refractivity contribution in [3.8, 4) is 0 Å². The highest BCUT2D eigenvalue weighted by Crippen LogP contribution is 2.17. The molecule has 0 saturated heterocycles. The molecule has 60 valence electrons. The minimum Gasteiger partial charge on any atom is -0.464 e. The topological polar surface area (TPSA) is 30.2 Å². The van der Waals surface area contributed by atoms with E-state index in [9.17, 15) is 4.79 Å². The molecule has 0 unspecified atom stereocenters. The zero-order valence-corrected chi connectivity index (χ0v) is 6.84. The Morgan fingerprint density at radius 2 is 2.17 bits per heavy atom. The van der Waals surface area contributed by atoms with Gasteiger partial charge in [0.05, 0.1) is 6.26 Å². The van der Waals surface area contributed by atoms with E-state index in [1.165, 1.54) is 0 Å². The van der Waals surface area contributed by atoms with Crippen LogP contribution >= 0.6 is 11.6 Å². The summed E-state index contributed by atoms with van der Waals surface area (Å²) < 4.78 is 5.10. The Bertz CT molecular complexity index is 431. The average Bonchev–Trinajstić information content (AvgIpc) is 2.49. The fourth-order valence-electron chi connectivity index (χ4n) is 1.09. The van der Waals surface area contributed by atoms with Crippen LogP contribution in [0, 0.1) is 0 Å². The molecule has 2 rings (SSSR count). The Hall–Kier alpha value is -1.28. The summed E-state index contributed by atoms with van der Waals surface area (Å²) in [6.07, 6.45) is 1.58. The van der Waals surface area contributed by atoms with E-state index in [2.05, 4.69) is 0 Å². The van der Waals surface area contributed by atoms with Gasteiger partial charge in [0.2, 0.25) is 0 Å². The molecule has 0 bridgehead atoms. The van der Waals surface area contributed by atoms with Gasteiger partial charge >= 0.3 is 0 Å². The van der Waals surface area contributed by atoms with Crippen molar-refractivity contribution in [1.29, 1.82) is 0 Å². The summed E-state index contributed by atoms with van der Waals surface area (Å²) in [6.45, 7) is 0. The summed E-state index contributed by atoms with van der Waals surface area (Å²) in [6, 6.07) is 6.86. The molecule has 0 aliphatic rings. The van der Waals surface area contributed by atoms with Gasteiger partial charge in [-0.05, 0) is 35.9 Å². The van der Waals surface area contributed by atoms with Crippen molar-refractivity contribution in [2.45, 2.75) is 0 Å². The Balaban J connectivity index is 2.68. The maximum atomic E-state index is 10.7. The molecule has 1 heterocycles. The van der Waals surface area contributed by atoms with Crippen molar-refractivity contribution in [3.05, 3.63) is 36.1 Å². The van der Waals surface area contributed by atoms with E-state index in [4.69, 9.17) is 16.0 Å². The third-order valence-corrected chi connectivity index (χ3v) is 1.90. The molecule has 0 aliphatic heterocycles. The van der Waals surface area contributed by atoms with Gasteiger partial charge in [-0.25, -0.2) is 0 Å². The second-order valence-electron chi connectivity index (χ2n) is 2.45. The molecule has 3 heteroatoms. The molecule has 0 radical (unpaired) electrons. The van der Waals surface area contributed by atoms with E-state index in [1.807, 2.05) is 0 Å². The minimum atomic E-state index is -0.446. The van der Waals surface area contributed by atoms with Crippen LogP contribution in [0.25, 0.3) is 11.0 Å². The third-order valence-electron chi connectivity index (χ3n) is 1.68. The zero-order valence-electron chi connectivity index (χ0n) is 6.08. The molecule has 2 aromatic rings. The molecule has 0 spiro atoms. The van der Waals surface area contributed by atoms with Crippen molar-refractivity contribution >= 4 is 27.8 Å². The predicted molar refractivity (Wildman–Crippen MR) is 46.4 cm³/mol. The Morgan fingerprint density at radius 1 is 1.33 bits per heavy atom. The smallest absolute Gasteiger partial charge is 0.252 e. The summed E-state index contributed by atoms with van der Waals surface area (Å²) in [7, 11) is 0. The van der Waals surface area contributed by atoms with Crippen molar-refractivity contribution < 1.29 is 9.21 Å².